The van der Waals surface area contributed by atoms with E-state index < -0.39 is 0 Å². The molecule has 0 aliphatic carbocycles. The normalized spacial score (nSPS) is 20.3. The van der Waals surface area contributed by atoms with Crippen LogP contribution in [0.3, 0.4) is 0 Å². The van der Waals surface area contributed by atoms with Gasteiger partial charge in [0.25, 0.3) is 0 Å². The lowest BCUT2D eigenvalue weighted by atomic mass is 10.3. The van der Waals surface area contributed by atoms with Gasteiger partial charge in [-0.2, -0.15) is 0 Å². The number of hydrogen-bond donors (Lipinski definition) is 1. The van der Waals surface area contributed by atoms with Gasteiger partial charge in [-0.05, 0) is 6.42 Å². The lowest BCUT2D eigenvalue weighted by molar-refractivity contribution is 0.0457. The van der Waals surface area contributed by atoms with Crippen LogP contribution in [0.25, 0.3) is 0 Å². The molecule has 1 atom stereocenters. The van der Waals surface area contributed by atoms with E-state index in [1.165, 1.54) is 0 Å². The van der Waals surface area contributed by atoms with Crippen LogP contribution in [0.2, 0.25) is 0 Å². The number of rotatable bonds is 6. The van der Waals surface area contributed by atoms with Crippen LogP contribution >= 0.6 is 0 Å². The van der Waals surface area contributed by atoms with Crippen molar-refractivity contribution >= 4 is 5.95 Å². The van der Waals surface area contributed by atoms with Gasteiger partial charge in [0.05, 0.1) is 12.7 Å². The fourth-order valence-corrected chi connectivity index (χ4v) is 2.18. The third kappa shape index (κ3) is 3.22. The van der Waals surface area contributed by atoms with Crippen molar-refractivity contribution in [1.29, 1.82) is 0 Å². The SMILES string of the molecule is COCCCn1ccnc1N1CCOC(CN)C1. The maximum Gasteiger partial charge on any atom is 0.205 e. The van der Waals surface area contributed by atoms with Crippen LogP contribution < -0.4 is 10.6 Å². The molecule has 2 heterocycles. The smallest absolute Gasteiger partial charge is 0.205 e. The van der Waals surface area contributed by atoms with E-state index in [4.69, 9.17) is 15.2 Å². The number of hydrogen-bond acceptors (Lipinski definition) is 5. The average Bonchev–Trinajstić information content (AvgIpc) is 2.87. The topological polar surface area (TPSA) is 65.5 Å². The van der Waals surface area contributed by atoms with Crippen LogP contribution in [0.1, 0.15) is 6.42 Å². The predicted octanol–water partition coefficient (Wildman–Crippen LogP) is 0.0835. The quantitative estimate of drug-likeness (QED) is 0.729. The summed E-state index contributed by atoms with van der Waals surface area (Å²) in [5, 5.41) is 0. The van der Waals surface area contributed by atoms with Crippen LogP contribution in [0, 0.1) is 0 Å². The number of aryl methyl sites for hydroxylation is 1. The summed E-state index contributed by atoms with van der Waals surface area (Å²) in [7, 11) is 1.72. The number of anilines is 1. The van der Waals surface area contributed by atoms with E-state index in [0.29, 0.717) is 13.2 Å². The molecule has 1 fully saturated rings. The summed E-state index contributed by atoms with van der Waals surface area (Å²) in [6.07, 6.45) is 4.96. The molecule has 1 aliphatic heterocycles. The largest absolute Gasteiger partial charge is 0.385 e. The Labute approximate surface area is 108 Å². The first-order valence-electron chi connectivity index (χ1n) is 6.42. The van der Waals surface area contributed by atoms with Crippen molar-refractivity contribution in [2.24, 2.45) is 5.73 Å². The minimum absolute atomic E-state index is 0.114. The van der Waals surface area contributed by atoms with Gasteiger partial charge in [0.15, 0.2) is 0 Å². The molecule has 2 rings (SSSR count). The van der Waals surface area contributed by atoms with Gasteiger partial charge in [-0.25, -0.2) is 4.98 Å². The van der Waals surface area contributed by atoms with Gasteiger partial charge in [0.2, 0.25) is 5.95 Å². The van der Waals surface area contributed by atoms with Crippen LogP contribution in [-0.2, 0) is 16.0 Å². The second-order valence-corrected chi connectivity index (χ2v) is 4.44. The summed E-state index contributed by atoms with van der Waals surface area (Å²) in [4.78, 5) is 6.68. The molecular formula is C12H22N4O2. The molecule has 1 aliphatic rings. The minimum atomic E-state index is 0.114. The van der Waals surface area contributed by atoms with Crippen LogP contribution in [0.4, 0.5) is 5.95 Å². The zero-order valence-corrected chi connectivity index (χ0v) is 10.9. The Bertz CT molecular complexity index is 356. The maximum atomic E-state index is 5.66. The van der Waals surface area contributed by atoms with Crippen LogP contribution in [0.15, 0.2) is 12.4 Å². The molecule has 102 valence electrons. The van der Waals surface area contributed by atoms with Crippen molar-refractivity contribution < 1.29 is 9.47 Å². The molecular weight excluding hydrogens is 232 g/mol. The molecule has 6 nitrogen and oxygen atoms in total. The van der Waals surface area contributed by atoms with E-state index in [9.17, 15) is 0 Å². The Kier molecular flexibility index (Phi) is 4.98. The third-order valence-electron chi connectivity index (χ3n) is 3.13. The Morgan fingerprint density at radius 1 is 1.61 bits per heavy atom. The second kappa shape index (κ2) is 6.72. The standard InChI is InChI=1S/C12H22N4O2/c1-17-7-2-4-15-5-3-14-12(15)16-6-8-18-11(9-13)10-16/h3,5,11H,2,4,6-10,13H2,1H3. The first-order chi connectivity index (χ1) is 8.85. The molecule has 6 heteroatoms. The summed E-state index contributed by atoms with van der Waals surface area (Å²) in [6, 6.07) is 0. The van der Waals surface area contributed by atoms with Gasteiger partial charge in [-0.15, -0.1) is 0 Å². The molecule has 2 N–H and O–H groups in total. The molecule has 0 saturated carbocycles. The highest BCUT2D eigenvalue weighted by atomic mass is 16.5. The van der Waals surface area contributed by atoms with Crippen molar-refractivity contribution in [3.63, 3.8) is 0 Å². The third-order valence-corrected chi connectivity index (χ3v) is 3.13. The summed E-state index contributed by atoms with van der Waals surface area (Å²) < 4.78 is 12.8. The molecule has 0 spiro atoms. The predicted molar refractivity (Wildman–Crippen MR) is 69.7 cm³/mol. The highest BCUT2D eigenvalue weighted by molar-refractivity contribution is 5.32. The molecule has 1 saturated heterocycles. The first-order valence-corrected chi connectivity index (χ1v) is 6.42. The van der Waals surface area contributed by atoms with E-state index in [1.807, 2.05) is 12.4 Å². The fraction of sp³-hybridized carbons (Fsp3) is 0.750. The van der Waals surface area contributed by atoms with Gasteiger partial charge in [-0.3, -0.25) is 0 Å². The number of imidazole rings is 1. The number of methoxy groups -OCH3 is 1. The summed E-state index contributed by atoms with van der Waals surface area (Å²) in [5.74, 6) is 1.01. The zero-order valence-electron chi connectivity index (χ0n) is 10.9. The summed E-state index contributed by atoms with van der Waals surface area (Å²) >= 11 is 0. The number of ether oxygens (including phenoxy) is 2. The number of morpholine rings is 1. The van der Waals surface area contributed by atoms with Crippen LogP contribution in [-0.4, -0.2) is 55.6 Å². The Morgan fingerprint density at radius 3 is 3.28 bits per heavy atom. The van der Waals surface area contributed by atoms with Gasteiger partial charge >= 0.3 is 0 Å². The fourth-order valence-electron chi connectivity index (χ4n) is 2.18. The second-order valence-electron chi connectivity index (χ2n) is 4.44. The lowest BCUT2D eigenvalue weighted by Gasteiger charge is -2.33. The van der Waals surface area contributed by atoms with E-state index in [2.05, 4.69) is 14.5 Å². The Morgan fingerprint density at radius 2 is 2.50 bits per heavy atom. The average molecular weight is 254 g/mol. The number of nitrogens with zero attached hydrogens (tertiary/aromatic N) is 3. The van der Waals surface area contributed by atoms with Crippen molar-refractivity contribution in [2.75, 3.05) is 44.9 Å². The van der Waals surface area contributed by atoms with Crippen molar-refractivity contribution in [3.8, 4) is 0 Å². The van der Waals surface area contributed by atoms with Crippen molar-refractivity contribution in [1.82, 2.24) is 9.55 Å². The van der Waals surface area contributed by atoms with Crippen molar-refractivity contribution in [2.45, 2.75) is 19.1 Å². The van der Waals surface area contributed by atoms with Gasteiger partial charge in [0, 0.05) is 52.3 Å². The minimum Gasteiger partial charge on any atom is -0.385 e. The molecule has 0 radical (unpaired) electrons. The molecule has 0 bridgehead atoms. The molecule has 1 unspecified atom stereocenters. The maximum absolute atomic E-state index is 5.66. The lowest BCUT2D eigenvalue weighted by Crippen LogP contribution is -2.46. The highest BCUT2D eigenvalue weighted by Gasteiger charge is 2.22. The van der Waals surface area contributed by atoms with E-state index in [-0.39, 0.29) is 6.10 Å². The molecule has 0 aromatic carbocycles. The Balaban J connectivity index is 1.97. The number of aromatic nitrogens is 2. The summed E-state index contributed by atoms with van der Waals surface area (Å²) in [6.45, 7) is 4.66. The van der Waals surface area contributed by atoms with Gasteiger partial charge in [0.1, 0.15) is 0 Å². The molecule has 1 aromatic heterocycles. The van der Waals surface area contributed by atoms with Gasteiger partial charge in [-0.1, -0.05) is 0 Å². The molecule has 1 aromatic rings. The van der Waals surface area contributed by atoms with E-state index in [1.54, 1.807) is 7.11 Å². The highest BCUT2D eigenvalue weighted by Crippen LogP contribution is 2.16. The molecule has 18 heavy (non-hydrogen) atoms. The monoisotopic (exact) mass is 254 g/mol. The first kappa shape index (κ1) is 13.3. The summed E-state index contributed by atoms with van der Waals surface area (Å²) in [5.41, 5.74) is 5.66. The number of nitrogens with two attached hydrogens (primary N) is 1. The van der Waals surface area contributed by atoms with Crippen molar-refractivity contribution in [3.05, 3.63) is 12.4 Å². The Hall–Kier alpha value is -1.11. The van der Waals surface area contributed by atoms with Crippen LogP contribution in [0.5, 0.6) is 0 Å². The van der Waals surface area contributed by atoms with Gasteiger partial charge < -0.3 is 24.7 Å². The molecule has 0 amide bonds. The zero-order chi connectivity index (χ0) is 12.8. The van der Waals surface area contributed by atoms with E-state index in [0.717, 1.165) is 38.6 Å². The van der Waals surface area contributed by atoms with E-state index >= 15 is 0 Å².